The Labute approximate surface area is 71.8 Å². The number of hydrogen-bond donors (Lipinski definition) is 3. The second kappa shape index (κ2) is 4.58. The van der Waals surface area contributed by atoms with Crippen LogP contribution in [0.15, 0.2) is 0 Å². The molecule has 0 aliphatic carbocycles. The van der Waals surface area contributed by atoms with E-state index in [-0.39, 0.29) is 11.8 Å². The van der Waals surface area contributed by atoms with Crippen molar-refractivity contribution in [1.29, 1.82) is 5.41 Å². The van der Waals surface area contributed by atoms with Gasteiger partial charge in [-0.2, -0.15) is 0 Å². The van der Waals surface area contributed by atoms with Gasteiger partial charge in [0.15, 0.2) is 0 Å². The summed E-state index contributed by atoms with van der Waals surface area (Å²) in [7, 11) is 1.27. The molecule has 0 heterocycles. The quantitative estimate of drug-likeness (QED) is 0.423. The van der Waals surface area contributed by atoms with Gasteiger partial charge in [0.2, 0.25) is 0 Å². The van der Waals surface area contributed by atoms with Gasteiger partial charge in [-0.3, -0.25) is 5.41 Å². The molecular weight excluding hydrogens is 158 g/mol. The molecule has 0 saturated heterocycles. The minimum absolute atomic E-state index is 0.0598. The zero-order chi connectivity index (χ0) is 9.72. The number of carbonyl (C=O) groups is 1. The number of nitrogens with two attached hydrogens (primary N) is 1. The zero-order valence-corrected chi connectivity index (χ0v) is 7.55. The molecule has 0 spiro atoms. The summed E-state index contributed by atoms with van der Waals surface area (Å²) in [4.78, 5) is 10.7. The highest BCUT2D eigenvalue weighted by Crippen LogP contribution is 2.00. The van der Waals surface area contributed by atoms with Gasteiger partial charge in [-0.05, 0) is 5.92 Å². The van der Waals surface area contributed by atoms with Crippen molar-refractivity contribution in [3.63, 3.8) is 0 Å². The van der Waals surface area contributed by atoms with Gasteiger partial charge in [0, 0.05) is 0 Å². The van der Waals surface area contributed by atoms with Crippen LogP contribution in [0.2, 0.25) is 0 Å². The average Bonchev–Trinajstić information content (AvgIpc) is 1.98. The van der Waals surface area contributed by atoms with Crippen LogP contribution in [0.5, 0.6) is 0 Å². The van der Waals surface area contributed by atoms with Crippen LogP contribution >= 0.6 is 0 Å². The van der Waals surface area contributed by atoms with E-state index < -0.39 is 12.1 Å². The number of amidine groups is 1. The third-order valence-electron chi connectivity index (χ3n) is 1.46. The van der Waals surface area contributed by atoms with Crippen LogP contribution in [-0.4, -0.2) is 25.1 Å². The molecule has 0 aliphatic rings. The summed E-state index contributed by atoms with van der Waals surface area (Å²) in [6.45, 7) is 3.73. The Kier molecular flexibility index (Phi) is 4.10. The molecule has 1 unspecified atom stereocenters. The monoisotopic (exact) mass is 173 g/mol. The second-order valence-corrected chi connectivity index (χ2v) is 2.81. The molecule has 0 fully saturated rings. The molecule has 0 aromatic heterocycles. The number of hydrogen-bond acceptors (Lipinski definition) is 3. The van der Waals surface area contributed by atoms with Gasteiger partial charge in [-0.1, -0.05) is 13.8 Å². The fourth-order valence-corrected chi connectivity index (χ4v) is 0.789. The lowest BCUT2D eigenvalue weighted by atomic mass is 10.0. The predicted molar refractivity (Wildman–Crippen MR) is 46.1 cm³/mol. The predicted octanol–water partition coefficient (Wildman–Crippen LogP) is 0.303. The molecule has 0 radical (unpaired) electrons. The molecule has 70 valence electrons. The van der Waals surface area contributed by atoms with Crippen molar-refractivity contribution >= 4 is 11.9 Å². The van der Waals surface area contributed by atoms with Crippen molar-refractivity contribution in [3.05, 3.63) is 0 Å². The minimum Gasteiger partial charge on any atom is -0.453 e. The SMILES string of the molecule is COC(=O)NC(C(=N)N)C(C)C. The highest BCUT2D eigenvalue weighted by molar-refractivity contribution is 5.86. The van der Waals surface area contributed by atoms with E-state index in [2.05, 4.69) is 10.1 Å². The molecule has 0 saturated carbocycles. The van der Waals surface area contributed by atoms with E-state index >= 15 is 0 Å². The van der Waals surface area contributed by atoms with E-state index in [1.807, 2.05) is 13.8 Å². The second-order valence-electron chi connectivity index (χ2n) is 2.81. The van der Waals surface area contributed by atoms with E-state index in [0.717, 1.165) is 0 Å². The van der Waals surface area contributed by atoms with E-state index in [9.17, 15) is 4.79 Å². The molecule has 1 amide bonds. The lowest BCUT2D eigenvalue weighted by molar-refractivity contribution is 0.167. The summed E-state index contributed by atoms with van der Waals surface area (Å²) < 4.78 is 4.38. The Balaban J connectivity index is 4.14. The van der Waals surface area contributed by atoms with Gasteiger partial charge in [0.05, 0.1) is 13.2 Å². The Bertz CT molecular complexity index is 179. The highest BCUT2D eigenvalue weighted by Gasteiger charge is 2.18. The Morgan fingerprint density at radius 3 is 2.33 bits per heavy atom. The van der Waals surface area contributed by atoms with E-state index in [1.54, 1.807) is 0 Å². The van der Waals surface area contributed by atoms with Crippen LogP contribution < -0.4 is 11.1 Å². The van der Waals surface area contributed by atoms with E-state index in [1.165, 1.54) is 7.11 Å². The fraction of sp³-hybridized carbons (Fsp3) is 0.714. The Morgan fingerprint density at radius 2 is 2.08 bits per heavy atom. The number of nitrogens with one attached hydrogen (secondary N) is 2. The number of amides is 1. The van der Waals surface area contributed by atoms with Crippen LogP contribution in [0, 0.1) is 11.3 Å². The molecule has 0 aromatic rings. The van der Waals surface area contributed by atoms with E-state index in [4.69, 9.17) is 11.1 Å². The number of methoxy groups -OCH3 is 1. The largest absolute Gasteiger partial charge is 0.453 e. The Morgan fingerprint density at radius 1 is 1.58 bits per heavy atom. The molecule has 5 nitrogen and oxygen atoms in total. The minimum atomic E-state index is -0.566. The molecule has 0 aliphatic heterocycles. The molecule has 5 heteroatoms. The first-order chi connectivity index (χ1) is 5.49. The first kappa shape index (κ1) is 10.7. The summed E-state index contributed by atoms with van der Waals surface area (Å²) in [6, 6.07) is -0.447. The maximum absolute atomic E-state index is 10.7. The summed E-state index contributed by atoms with van der Waals surface area (Å²) in [5, 5.41) is 9.61. The zero-order valence-electron chi connectivity index (χ0n) is 7.55. The molecule has 0 rings (SSSR count). The summed E-state index contributed by atoms with van der Waals surface area (Å²) in [6.07, 6.45) is -0.566. The topological polar surface area (TPSA) is 88.2 Å². The molecule has 0 aromatic carbocycles. The van der Waals surface area contributed by atoms with Gasteiger partial charge in [0.25, 0.3) is 0 Å². The number of alkyl carbamates (subject to hydrolysis) is 1. The highest BCUT2D eigenvalue weighted by atomic mass is 16.5. The van der Waals surface area contributed by atoms with Gasteiger partial charge in [-0.25, -0.2) is 4.79 Å². The third-order valence-corrected chi connectivity index (χ3v) is 1.46. The molecule has 12 heavy (non-hydrogen) atoms. The van der Waals surface area contributed by atoms with Crippen molar-refractivity contribution in [2.24, 2.45) is 11.7 Å². The average molecular weight is 173 g/mol. The summed E-state index contributed by atoms with van der Waals surface area (Å²) >= 11 is 0. The maximum atomic E-state index is 10.7. The van der Waals surface area contributed by atoms with Crippen molar-refractivity contribution in [1.82, 2.24) is 5.32 Å². The summed E-state index contributed by atoms with van der Waals surface area (Å²) in [5.41, 5.74) is 5.25. The molecule has 1 atom stereocenters. The van der Waals surface area contributed by atoms with Crippen molar-refractivity contribution in [3.8, 4) is 0 Å². The fourth-order valence-electron chi connectivity index (χ4n) is 0.789. The van der Waals surface area contributed by atoms with Crippen LogP contribution in [0.4, 0.5) is 4.79 Å². The normalized spacial score (nSPS) is 12.3. The van der Waals surface area contributed by atoms with Gasteiger partial charge in [-0.15, -0.1) is 0 Å². The van der Waals surface area contributed by atoms with Crippen molar-refractivity contribution < 1.29 is 9.53 Å². The smallest absolute Gasteiger partial charge is 0.407 e. The molecule has 0 bridgehead atoms. The standard InChI is InChI=1S/C7H15N3O2/c1-4(2)5(6(8)9)10-7(11)12-3/h4-5H,1-3H3,(H3,8,9)(H,10,11). The van der Waals surface area contributed by atoms with Gasteiger partial charge < -0.3 is 15.8 Å². The van der Waals surface area contributed by atoms with Gasteiger partial charge >= 0.3 is 6.09 Å². The maximum Gasteiger partial charge on any atom is 0.407 e. The first-order valence-corrected chi connectivity index (χ1v) is 3.67. The molecule has 4 N–H and O–H groups in total. The van der Waals surface area contributed by atoms with Crippen molar-refractivity contribution in [2.75, 3.05) is 7.11 Å². The lowest BCUT2D eigenvalue weighted by Gasteiger charge is -2.19. The van der Waals surface area contributed by atoms with Crippen LogP contribution in [-0.2, 0) is 4.74 Å². The Hall–Kier alpha value is -1.26. The van der Waals surface area contributed by atoms with Gasteiger partial charge in [0.1, 0.15) is 5.84 Å². The van der Waals surface area contributed by atoms with Crippen LogP contribution in [0.3, 0.4) is 0 Å². The van der Waals surface area contributed by atoms with Crippen molar-refractivity contribution in [2.45, 2.75) is 19.9 Å². The third kappa shape index (κ3) is 3.23. The van der Waals surface area contributed by atoms with Crippen LogP contribution in [0.25, 0.3) is 0 Å². The first-order valence-electron chi connectivity index (χ1n) is 3.67. The number of rotatable bonds is 3. The number of ether oxygens (including phenoxy) is 1. The lowest BCUT2D eigenvalue weighted by Crippen LogP contribution is -2.47. The van der Waals surface area contributed by atoms with Crippen LogP contribution in [0.1, 0.15) is 13.8 Å². The van der Waals surface area contributed by atoms with E-state index in [0.29, 0.717) is 0 Å². The molecular formula is C7H15N3O2. The summed E-state index contributed by atoms with van der Waals surface area (Å²) in [5.74, 6) is 0.0250. The number of carbonyl (C=O) groups excluding carboxylic acids is 1.